The van der Waals surface area contributed by atoms with E-state index < -0.39 is 0 Å². The van der Waals surface area contributed by atoms with E-state index in [2.05, 4.69) is 22.2 Å². The van der Waals surface area contributed by atoms with E-state index in [1.54, 1.807) is 20.3 Å². The molecule has 0 fully saturated rings. The molecule has 0 saturated heterocycles. The van der Waals surface area contributed by atoms with E-state index >= 15 is 0 Å². The fraction of sp³-hybridized carbons (Fsp3) is 0.375. The predicted octanol–water partition coefficient (Wildman–Crippen LogP) is 3.22. The van der Waals surface area contributed by atoms with Crippen LogP contribution in [0.5, 0.6) is 5.75 Å². The third-order valence-electron chi connectivity index (χ3n) is 3.52. The number of rotatable bonds is 7. The van der Waals surface area contributed by atoms with Crippen LogP contribution < -0.4 is 15.8 Å². The standard InChI is InChI=1S/C16H21ClN4O2/c1-4-10(8-22-2)21-16-14(18)15(19-9-20-16)12-6-5-11(23-3)7-13(12)17/h5-7,9-10H,4,8,18H2,1-3H3,(H,19,20,21)/t10-/m1/s1. The van der Waals surface area contributed by atoms with Crippen molar-refractivity contribution in [3.63, 3.8) is 0 Å². The fourth-order valence-corrected chi connectivity index (χ4v) is 2.46. The molecule has 7 heteroatoms. The molecule has 2 rings (SSSR count). The second-order valence-corrected chi connectivity index (χ2v) is 5.44. The number of nitrogens with two attached hydrogens (primary N) is 1. The van der Waals surface area contributed by atoms with Crippen molar-refractivity contribution in [3.8, 4) is 17.0 Å². The smallest absolute Gasteiger partial charge is 0.153 e. The van der Waals surface area contributed by atoms with Crippen molar-refractivity contribution < 1.29 is 9.47 Å². The Hall–Kier alpha value is -2.05. The zero-order valence-corrected chi connectivity index (χ0v) is 14.2. The van der Waals surface area contributed by atoms with Gasteiger partial charge in [-0.15, -0.1) is 0 Å². The lowest BCUT2D eigenvalue weighted by Gasteiger charge is -2.18. The first-order valence-electron chi connectivity index (χ1n) is 7.30. The van der Waals surface area contributed by atoms with Gasteiger partial charge in [-0.1, -0.05) is 18.5 Å². The number of halogens is 1. The van der Waals surface area contributed by atoms with Crippen LogP contribution in [0.2, 0.25) is 5.02 Å². The third kappa shape index (κ3) is 4.03. The molecule has 1 atom stereocenters. The van der Waals surface area contributed by atoms with E-state index in [1.807, 2.05) is 12.1 Å². The molecule has 1 aromatic carbocycles. The first-order chi connectivity index (χ1) is 11.1. The minimum atomic E-state index is 0.122. The molecule has 0 radical (unpaired) electrons. The molecule has 1 heterocycles. The summed E-state index contributed by atoms with van der Waals surface area (Å²) >= 11 is 6.31. The van der Waals surface area contributed by atoms with Crippen LogP contribution in [0.3, 0.4) is 0 Å². The Balaban J connectivity index is 2.36. The number of methoxy groups -OCH3 is 2. The summed E-state index contributed by atoms with van der Waals surface area (Å²) in [6, 6.07) is 5.49. The van der Waals surface area contributed by atoms with Crippen LogP contribution >= 0.6 is 11.6 Å². The number of hydrogen-bond donors (Lipinski definition) is 2. The normalized spacial score (nSPS) is 12.0. The van der Waals surface area contributed by atoms with Gasteiger partial charge in [-0.25, -0.2) is 9.97 Å². The summed E-state index contributed by atoms with van der Waals surface area (Å²) in [6.07, 6.45) is 2.35. The molecule has 0 aliphatic rings. The molecule has 124 valence electrons. The average molecular weight is 337 g/mol. The van der Waals surface area contributed by atoms with Gasteiger partial charge >= 0.3 is 0 Å². The van der Waals surface area contributed by atoms with Crippen LogP contribution in [0.1, 0.15) is 13.3 Å². The first-order valence-corrected chi connectivity index (χ1v) is 7.68. The van der Waals surface area contributed by atoms with Crippen LogP contribution in [-0.4, -0.2) is 36.8 Å². The van der Waals surface area contributed by atoms with Crippen molar-refractivity contribution in [1.82, 2.24) is 9.97 Å². The number of ether oxygens (including phenoxy) is 2. The maximum absolute atomic E-state index is 6.31. The van der Waals surface area contributed by atoms with Gasteiger partial charge in [-0.2, -0.15) is 0 Å². The molecular formula is C16H21ClN4O2. The lowest BCUT2D eigenvalue weighted by Crippen LogP contribution is -2.25. The molecule has 0 aliphatic carbocycles. The second-order valence-electron chi connectivity index (χ2n) is 5.04. The number of hydrogen-bond acceptors (Lipinski definition) is 6. The van der Waals surface area contributed by atoms with Gasteiger partial charge in [0.15, 0.2) is 5.82 Å². The van der Waals surface area contributed by atoms with Gasteiger partial charge in [-0.3, -0.25) is 0 Å². The summed E-state index contributed by atoms with van der Waals surface area (Å²) in [5.41, 5.74) is 8.01. The Morgan fingerprint density at radius 1 is 1.30 bits per heavy atom. The minimum absolute atomic E-state index is 0.122. The predicted molar refractivity (Wildman–Crippen MR) is 93.0 cm³/mol. The Morgan fingerprint density at radius 3 is 2.70 bits per heavy atom. The van der Waals surface area contributed by atoms with Crippen molar-refractivity contribution >= 4 is 23.1 Å². The zero-order chi connectivity index (χ0) is 16.8. The molecular weight excluding hydrogens is 316 g/mol. The zero-order valence-electron chi connectivity index (χ0n) is 13.5. The Kier molecular flexibility index (Phi) is 6.01. The highest BCUT2D eigenvalue weighted by molar-refractivity contribution is 6.33. The van der Waals surface area contributed by atoms with Crippen LogP contribution in [-0.2, 0) is 4.74 Å². The second kappa shape index (κ2) is 7.99. The molecule has 2 aromatic rings. The van der Waals surface area contributed by atoms with Crippen molar-refractivity contribution in [2.45, 2.75) is 19.4 Å². The molecule has 0 aliphatic heterocycles. The lowest BCUT2D eigenvalue weighted by molar-refractivity contribution is 0.184. The van der Waals surface area contributed by atoms with E-state index in [-0.39, 0.29) is 6.04 Å². The van der Waals surface area contributed by atoms with Gasteiger partial charge in [0, 0.05) is 12.7 Å². The van der Waals surface area contributed by atoms with Crippen LogP contribution in [0.25, 0.3) is 11.3 Å². The van der Waals surface area contributed by atoms with Crippen LogP contribution in [0, 0.1) is 0 Å². The summed E-state index contributed by atoms with van der Waals surface area (Å²) in [4.78, 5) is 8.50. The molecule has 23 heavy (non-hydrogen) atoms. The highest BCUT2D eigenvalue weighted by atomic mass is 35.5. The molecule has 6 nitrogen and oxygen atoms in total. The summed E-state index contributed by atoms with van der Waals surface area (Å²) in [5, 5.41) is 3.80. The van der Waals surface area contributed by atoms with Gasteiger partial charge in [0.1, 0.15) is 23.5 Å². The molecule has 0 bridgehead atoms. The monoisotopic (exact) mass is 336 g/mol. The van der Waals surface area contributed by atoms with Gasteiger partial charge in [0.25, 0.3) is 0 Å². The van der Waals surface area contributed by atoms with Crippen molar-refractivity contribution in [1.29, 1.82) is 0 Å². The molecule has 0 unspecified atom stereocenters. The number of anilines is 2. The number of nitrogens with one attached hydrogen (secondary N) is 1. The van der Waals surface area contributed by atoms with E-state index in [4.69, 9.17) is 26.8 Å². The summed E-state index contributed by atoms with van der Waals surface area (Å²) < 4.78 is 10.3. The Morgan fingerprint density at radius 2 is 2.09 bits per heavy atom. The largest absolute Gasteiger partial charge is 0.497 e. The Bertz CT molecular complexity index is 667. The SMILES string of the molecule is CC[C@H](COC)Nc1ncnc(-c2ccc(OC)cc2Cl)c1N. The van der Waals surface area contributed by atoms with Crippen molar-refractivity contribution in [3.05, 3.63) is 29.5 Å². The fourth-order valence-electron chi connectivity index (χ4n) is 2.20. The number of aromatic nitrogens is 2. The highest BCUT2D eigenvalue weighted by Gasteiger charge is 2.15. The molecule has 0 spiro atoms. The summed E-state index contributed by atoms with van der Waals surface area (Å²) in [7, 11) is 3.25. The highest BCUT2D eigenvalue weighted by Crippen LogP contribution is 2.35. The maximum atomic E-state index is 6.31. The lowest BCUT2D eigenvalue weighted by atomic mass is 10.1. The van der Waals surface area contributed by atoms with E-state index in [0.29, 0.717) is 34.6 Å². The molecule has 0 saturated carbocycles. The van der Waals surface area contributed by atoms with Crippen molar-refractivity contribution in [2.75, 3.05) is 31.9 Å². The number of nitrogen functional groups attached to an aromatic ring is 1. The molecule has 0 amide bonds. The third-order valence-corrected chi connectivity index (χ3v) is 3.83. The molecule has 1 aromatic heterocycles. The Labute approximate surface area is 141 Å². The van der Waals surface area contributed by atoms with E-state index in [0.717, 1.165) is 12.0 Å². The van der Waals surface area contributed by atoms with Crippen molar-refractivity contribution in [2.24, 2.45) is 0 Å². The topological polar surface area (TPSA) is 82.3 Å². The van der Waals surface area contributed by atoms with E-state index in [9.17, 15) is 0 Å². The number of nitrogens with zero attached hydrogens (tertiary/aromatic N) is 2. The van der Waals surface area contributed by atoms with Crippen LogP contribution in [0.15, 0.2) is 24.5 Å². The first kappa shape index (κ1) is 17.3. The number of benzene rings is 1. The van der Waals surface area contributed by atoms with Gasteiger partial charge in [0.2, 0.25) is 0 Å². The van der Waals surface area contributed by atoms with Gasteiger partial charge in [0.05, 0.1) is 24.8 Å². The quantitative estimate of drug-likeness (QED) is 0.807. The van der Waals surface area contributed by atoms with E-state index in [1.165, 1.54) is 6.33 Å². The average Bonchev–Trinajstić information content (AvgIpc) is 2.56. The summed E-state index contributed by atoms with van der Waals surface area (Å²) in [6.45, 7) is 2.63. The minimum Gasteiger partial charge on any atom is -0.497 e. The van der Waals surface area contributed by atoms with Gasteiger partial charge < -0.3 is 20.5 Å². The summed E-state index contributed by atoms with van der Waals surface area (Å²) in [5.74, 6) is 1.25. The molecule has 3 N–H and O–H groups in total. The maximum Gasteiger partial charge on any atom is 0.153 e. The van der Waals surface area contributed by atoms with Crippen LogP contribution in [0.4, 0.5) is 11.5 Å². The van der Waals surface area contributed by atoms with Gasteiger partial charge in [-0.05, 0) is 24.6 Å².